The van der Waals surface area contributed by atoms with Crippen LogP contribution in [0.1, 0.15) is 39.0 Å². The third-order valence-electron chi connectivity index (χ3n) is 2.91. The molecule has 0 bridgehead atoms. The van der Waals surface area contributed by atoms with Gasteiger partial charge in [0.1, 0.15) is 6.61 Å². The van der Waals surface area contributed by atoms with E-state index in [0.29, 0.717) is 12.0 Å². The van der Waals surface area contributed by atoms with Crippen molar-refractivity contribution in [1.82, 2.24) is 0 Å². The molecule has 0 spiro atoms. The first-order valence-electron chi connectivity index (χ1n) is 5.10. The molecule has 0 amide bonds. The molecule has 1 aliphatic heterocycles. The van der Waals surface area contributed by atoms with Gasteiger partial charge >= 0.3 is 0 Å². The molecule has 0 N–H and O–H groups in total. The highest BCUT2D eigenvalue weighted by molar-refractivity contribution is 5.80. The minimum atomic E-state index is 0.459. The first-order valence-corrected chi connectivity index (χ1v) is 5.10. The van der Waals surface area contributed by atoms with Crippen molar-refractivity contribution in [3.63, 3.8) is 0 Å². The van der Waals surface area contributed by atoms with Gasteiger partial charge in [-0.1, -0.05) is 19.8 Å². The molecule has 2 heteroatoms. The molecule has 1 unspecified atom stereocenters. The molecular formula is C10H17NO. The molecule has 0 aromatic heterocycles. The number of rotatable bonds is 2. The molecule has 0 aromatic carbocycles. The van der Waals surface area contributed by atoms with Crippen molar-refractivity contribution in [3.05, 3.63) is 0 Å². The van der Waals surface area contributed by atoms with Gasteiger partial charge in [-0.2, -0.15) is 0 Å². The monoisotopic (exact) mass is 167 g/mol. The van der Waals surface area contributed by atoms with Crippen LogP contribution in [0.25, 0.3) is 0 Å². The van der Waals surface area contributed by atoms with Crippen molar-refractivity contribution in [2.24, 2.45) is 10.9 Å². The molecule has 2 aliphatic rings. The zero-order chi connectivity index (χ0) is 8.39. The quantitative estimate of drug-likeness (QED) is 0.618. The Kier molecular flexibility index (Phi) is 2.33. The maximum Gasteiger partial charge on any atom is 0.186 e. The molecule has 1 fully saturated rings. The van der Waals surface area contributed by atoms with Crippen LogP contribution in [-0.2, 0) is 4.74 Å². The minimum Gasteiger partial charge on any atom is -0.478 e. The highest BCUT2D eigenvalue weighted by Crippen LogP contribution is 2.28. The topological polar surface area (TPSA) is 21.6 Å². The van der Waals surface area contributed by atoms with E-state index in [9.17, 15) is 0 Å². The predicted octanol–water partition coefficient (Wildman–Crippen LogP) is 2.38. The van der Waals surface area contributed by atoms with Crippen LogP contribution >= 0.6 is 0 Å². The van der Waals surface area contributed by atoms with Crippen molar-refractivity contribution in [2.45, 2.75) is 45.1 Å². The summed E-state index contributed by atoms with van der Waals surface area (Å²) in [5, 5.41) is 0. The number of aliphatic imine (C=N–C) groups is 1. The van der Waals surface area contributed by atoms with Gasteiger partial charge in [-0.15, -0.1) is 0 Å². The van der Waals surface area contributed by atoms with E-state index in [0.717, 1.165) is 18.9 Å². The maximum atomic E-state index is 5.59. The fourth-order valence-corrected chi connectivity index (χ4v) is 2.04. The van der Waals surface area contributed by atoms with Gasteiger partial charge in [0.05, 0.1) is 6.04 Å². The van der Waals surface area contributed by atoms with E-state index in [-0.39, 0.29) is 0 Å². The van der Waals surface area contributed by atoms with E-state index in [2.05, 4.69) is 11.9 Å². The van der Waals surface area contributed by atoms with Gasteiger partial charge < -0.3 is 4.74 Å². The molecule has 0 aromatic rings. The summed E-state index contributed by atoms with van der Waals surface area (Å²) < 4.78 is 5.59. The van der Waals surface area contributed by atoms with E-state index in [1.165, 1.54) is 25.7 Å². The molecular weight excluding hydrogens is 150 g/mol. The second kappa shape index (κ2) is 3.46. The lowest BCUT2D eigenvalue weighted by molar-refractivity contribution is 0.295. The summed E-state index contributed by atoms with van der Waals surface area (Å²) in [5.41, 5.74) is 0. The number of hydrogen-bond donors (Lipinski definition) is 0. The lowest BCUT2D eigenvalue weighted by Crippen LogP contribution is -2.10. The van der Waals surface area contributed by atoms with Crippen LogP contribution in [0.2, 0.25) is 0 Å². The van der Waals surface area contributed by atoms with Gasteiger partial charge in [-0.3, -0.25) is 0 Å². The van der Waals surface area contributed by atoms with E-state index in [1.807, 2.05) is 0 Å². The third-order valence-corrected chi connectivity index (χ3v) is 2.91. The second-order valence-corrected chi connectivity index (χ2v) is 3.82. The van der Waals surface area contributed by atoms with E-state index in [1.54, 1.807) is 0 Å². The Hall–Kier alpha value is -0.530. The van der Waals surface area contributed by atoms with Crippen LogP contribution in [-0.4, -0.2) is 18.5 Å². The second-order valence-electron chi connectivity index (χ2n) is 3.82. The number of ether oxygens (including phenoxy) is 1. The molecule has 1 heterocycles. The molecule has 2 nitrogen and oxygen atoms in total. The number of nitrogens with zero attached hydrogens (tertiary/aromatic N) is 1. The number of hydrogen-bond acceptors (Lipinski definition) is 2. The average molecular weight is 167 g/mol. The lowest BCUT2D eigenvalue weighted by atomic mass is 10.1. The summed E-state index contributed by atoms with van der Waals surface area (Å²) in [5.74, 6) is 1.74. The summed E-state index contributed by atoms with van der Waals surface area (Å²) in [6.45, 7) is 3.01. The smallest absolute Gasteiger partial charge is 0.186 e. The lowest BCUT2D eigenvalue weighted by Gasteiger charge is -2.06. The normalized spacial score (nSPS) is 30.4. The highest BCUT2D eigenvalue weighted by Gasteiger charge is 2.27. The van der Waals surface area contributed by atoms with Crippen molar-refractivity contribution in [2.75, 3.05) is 6.61 Å². The maximum absolute atomic E-state index is 5.59. The van der Waals surface area contributed by atoms with Gasteiger partial charge in [0.2, 0.25) is 0 Å². The van der Waals surface area contributed by atoms with Crippen molar-refractivity contribution in [3.8, 4) is 0 Å². The first kappa shape index (κ1) is 8.09. The van der Waals surface area contributed by atoms with E-state index in [4.69, 9.17) is 4.74 Å². The van der Waals surface area contributed by atoms with Gasteiger partial charge in [0.15, 0.2) is 5.90 Å². The zero-order valence-corrected chi connectivity index (χ0v) is 7.75. The fourth-order valence-electron chi connectivity index (χ4n) is 2.04. The summed E-state index contributed by atoms with van der Waals surface area (Å²) >= 11 is 0. The molecule has 1 atom stereocenters. The fraction of sp³-hybridized carbons (Fsp3) is 0.900. The SMILES string of the molecule is CCC1COC(C2CCCC2)=N1. The van der Waals surface area contributed by atoms with Crippen LogP contribution in [0, 0.1) is 5.92 Å². The predicted molar refractivity (Wildman–Crippen MR) is 49.4 cm³/mol. The molecule has 1 saturated carbocycles. The largest absolute Gasteiger partial charge is 0.478 e. The summed E-state index contributed by atoms with van der Waals surface area (Å²) in [4.78, 5) is 4.58. The van der Waals surface area contributed by atoms with Crippen LogP contribution in [0.3, 0.4) is 0 Å². The molecule has 0 radical (unpaired) electrons. The first-order chi connectivity index (χ1) is 5.90. The Morgan fingerprint density at radius 1 is 1.42 bits per heavy atom. The van der Waals surface area contributed by atoms with E-state index < -0.39 is 0 Å². The Morgan fingerprint density at radius 2 is 2.17 bits per heavy atom. The van der Waals surface area contributed by atoms with Crippen LogP contribution in [0.4, 0.5) is 0 Å². The van der Waals surface area contributed by atoms with Crippen molar-refractivity contribution in [1.29, 1.82) is 0 Å². The van der Waals surface area contributed by atoms with Crippen LogP contribution in [0.5, 0.6) is 0 Å². The standard InChI is InChI=1S/C10H17NO/c1-2-9-7-12-10(11-9)8-5-3-4-6-8/h8-9H,2-7H2,1H3. The molecule has 68 valence electrons. The average Bonchev–Trinajstić information content (AvgIpc) is 2.75. The van der Waals surface area contributed by atoms with Gasteiger partial charge in [0, 0.05) is 5.92 Å². The zero-order valence-electron chi connectivity index (χ0n) is 7.75. The molecule has 2 rings (SSSR count). The van der Waals surface area contributed by atoms with Crippen molar-refractivity contribution >= 4 is 5.90 Å². The summed E-state index contributed by atoms with van der Waals surface area (Å²) in [7, 11) is 0. The third kappa shape index (κ3) is 1.47. The highest BCUT2D eigenvalue weighted by atomic mass is 16.5. The minimum absolute atomic E-state index is 0.459. The Labute approximate surface area is 74.0 Å². The van der Waals surface area contributed by atoms with Gasteiger partial charge in [-0.25, -0.2) is 4.99 Å². The van der Waals surface area contributed by atoms with Gasteiger partial charge in [0.25, 0.3) is 0 Å². The van der Waals surface area contributed by atoms with E-state index >= 15 is 0 Å². The summed E-state index contributed by atoms with van der Waals surface area (Å²) in [6.07, 6.45) is 6.45. The van der Waals surface area contributed by atoms with Gasteiger partial charge in [-0.05, 0) is 19.3 Å². The van der Waals surface area contributed by atoms with Crippen LogP contribution < -0.4 is 0 Å². The molecule has 12 heavy (non-hydrogen) atoms. The summed E-state index contributed by atoms with van der Waals surface area (Å²) in [6, 6.07) is 0.459. The molecule has 0 saturated heterocycles. The Morgan fingerprint density at radius 3 is 2.75 bits per heavy atom. The molecule has 1 aliphatic carbocycles. The Bertz CT molecular complexity index is 182. The van der Waals surface area contributed by atoms with Crippen LogP contribution in [0.15, 0.2) is 4.99 Å². The Balaban J connectivity index is 1.95. The van der Waals surface area contributed by atoms with Crippen molar-refractivity contribution < 1.29 is 4.74 Å².